The fourth-order valence-electron chi connectivity index (χ4n) is 2.73. The largest absolute Gasteiger partial charge is 0.368 e. The van der Waals surface area contributed by atoms with Crippen LogP contribution in [0.3, 0.4) is 0 Å². The average Bonchev–Trinajstić information content (AvgIpc) is 2.63. The van der Waals surface area contributed by atoms with Crippen LogP contribution in [0.2, 0.25) is 0 Å². The van der Waals surface area contributed by atoms with E-state index in [-0.39, 0.29) is 5.56 Å². The predicted octanol–water partition coefficient (Wildman–Crippen LogP) is 0.866. The van der Waals surface area contributed by atoms with Gasteiger partial charge in [0.05, 0.1) is 17.4 Å². The van der Waals surface area contributed by atoms with E-state index < -0.39 is 0 Å². The molecule has 0 aromatic carbocycles. The van der Waals surface area contributed by atoms with Crippen molar-refractivity contribution >= 4 is 28.5 Å². The van der Waals surface area contributed by atoms with Crippen molar-refractivity contribution in [1.29, 1.82) is 0 Å². The molecule has 0 atom stereocenters. The molecule has 3 aromatic heterocycles. The number of pyridine rings is 2. The molecule has 0 aliphatic carbocycles. The van der Waals surface area contributed by atoms with Gasteiger partial charge in [-0.1, -0.05) is 0 Å². The predicted molar refractivity (Wildman–Crippen MR) is 92.8 cm³/mol. The summed E-state index contributed by atoms with van der Waals surface area (Å²) in [6.45, 7) is 3.91. The first-order valence-corrected chi connectivity index (χ1v) is 7.83. The normalized spacial score (nSPS) is 14.8. The summed E-state index contributed by atoms with van der Waals surface area (Å²) in [5, 5.41) is 6.36. The molecule has 0 radical (unpaired) electrons. The van der Waals surface area contributed by atoms with E-state index in [9.17, 15) is 4.79 Å². The maximum absolute atomic E-state index is 12.0. The molecule has 122 valence electrons. The molecule has 4 heterocycles. The number of anilines is 3. The molecule has 0 amide bonds. The molecule has 1 saturated heterocycles. The van der Waals surface area contributed by atoms with Crippen molar-refractivity contribution in [3.8, 4) is 0 Å². The number of fused-ring (bicyclic) bond motifs is 1. The van der Waals surface area contributed by atoms with Crippen LogP contribution >= 0.6 is 0 Å². The van der Waals surface area contributed by atoms with Crippen LogP contribution in [0.15, 0.2) is 41.5 Å². The van der Waals surface area contributed by atoms with Gasteiger partial charge in [-0.15, -0.1) is 0 Å². The Morgan fingerprint density at radius 2 is 2.00 bits per heavy atom. The van der Waals surface area contributed by atoms with Gasteiger partial charge in [-0.2, -0.15) is 0 Å². The van der Waals surface area contributed by atoms with Crippen molar-refractivity contribution in [2.24, 2.45) is 0 Å². The topological polar surface area (TPSA) is 98.8 Å². The Bertz CT molecular complexity index is 900. The van der Waals surface area contributed by atoms with Crippen molar-refractivity contribution in [3.05, 3.63) is 47.0 Å². The third kappa shape index (κ3) is 2.91. The molecular formula is C16H17N7O. The van der Waals surface area contributed by atoms with Crippen LogP contribution < -0.4 is 21.1 Å². The summed E-state index contributed by atoms with van der Waals surface area (Å²) in [6.07, 6.45) is 3.40. The van der Waals surface area contributed by atoms with Crippen LogP contribution in [0.1, 0.15) is 0 Å². The van der Waals surface area contributed by atoms with Crippen molar-refractivity contribution < 1.29 is 0 Å². The minimum Gasteiger partial charge on any atom is -0.368 e. The highest BCUT2D eigenvalue weighted by molar-refractivity contribution is 5.74. The number of nitrogens with one attached hydrogen (secondary N) is 3. The summed E-state index contributed by atoms with van der Waals surface area (Å²) in [4.78, 5) is 29.8. The van der Waals surface area contributed by atoms with Crippen LogP contribution in [-0.2, 0) is 0 Å². The van der Waals surface area contributed by atoms with Crippen LogP contribution in [0.4, 0.5) is 17.5 Å². The van der Waals surface area contributed by atoms with Crippen molar-refractivity contribution in [2.45, 2.75) is 0 Å². The Hall–Kier alpha value is -3.00. The fraction of sp³-hybridized carbons (Fsp3) is 0.250. The van der Waals surface area contributed by atoms with Gasteiger partial charge < -0.3 is 15.5 Å². The summed E-state index contributed by atoms with van der Waals surface area (Å²) in [6, 6.07) is 7.40. The van der Waals surface area contributed by atoms with E-state index in [0.29, 0.717) is 22.8 Å². The van der Waals surface area contributed by atoms with Crippen LogP contribution in [0.5, 0.6) is 0 Å². The third-order valence-electron chi connectivity index (χ3n) is 3.94. The molecule has 4 rings (SSSR count). The highest BCUT2D eigenvalue weighted by Crippen LogP contribution is 2.17. The standard InChI is InChI=1S/C16H17N7O/c24-15-14-12(2-1-5-18-14)20-16(22-15)21-13-4-3-11(10-19-13)23-8-6-17-7-9-23/h1-5,10,17H,6-9H2,(H2,19,20,21,22,24). The Balaban J connectivity index is 1.56. The first kappa shape index (κ1) is 14.6. The number of aromatic amines is 1. The molecule has 8 nitrogen and oxygen atoms in total. The van der Waals surface area contributed by atoms with E-state index >= 15 is 0 Å². The van der Waals surface area contributed by atoms with Gasteiger partial charge >= 0.3 is 0 Å². The van der Waals surface area contributed by atoms with Crippen LogP contribution in [-0.4, -0.2) is 46.1 Å². The minimum atomic E-state index is -0.277. The minimum absolute atomic E-state index is 0.277. The number of hydrogen-bond donors (Lipinski definition) is 3. The van der Waals surface area contributed by atoms with Crippen molar-refractivity contribution in [2.75, 3.05) is 36.4 Å². The zero-order valence-corrected chi connectivity index (χ0v) is 13.0. The van der Waals surface area contributed by atoms with E-state index in [4.69, 9.17) is 0 Å². The summed E-state index contributed by atoms with van der Waals surface area (Å²) in [5.41, 5.74) is 1.68. The summed E-state index contributed by atoms with van der Waals surface area (Å²) >= 11 is 0. The monoisotopic (exact) mass is 323 g/mol. The van der Waals surface area contributed by atoms with Crippen molar-refractivity contribution in [3.63, 3.8) is 0 Å². The van der Waals surface area contributed by atoms with Crippen LogP contribution in [0, 0.1) is 0 Å². The molecule has 3 aromatic rings. The molecule has 0 spiro atoms. The molecule has 0 bridgehead atoms. The highest BCUT2D eigenvalue weighted by Gasteiger charge is 2.11. The van der Waals surface area contributed by atoms with Gasteiger partial charge in [0.25, 0.3) is 5.56 Å². The van der Waals surface area contributed by atoms with E-state index in [0.717, 1.165) is 31.9 Å². The zero-order chi connectivity index (χ0) is 16.4. The number of nitrogens with zero attached hydrogens (tertiary/aromatic N) is 4. The summed E-state index contributed by atoms with van der Waals surface area (Å²) in [7, 11) is 0. The van der Waals surface area contributed by atoms with Gasteiger partial charge in [0.15, 0.2) is 5.52 Å². The van der Waals surface area contributed by atoms with E-state index in [1.165, 1.54) is 0 Å². The molecule has 1 aliphatic rings. The van der Waals surface area contributed by atoms with Gasteiger partial charge in [0, 0.05) is 32.4 Å². The first-order valence-electron chi connectivity index (χ1n) is 7.83. The smallest absolute Gasteiger partial charge is 0.278 e. The number of hydrogen-bond acceptors (Lipinski definition) is 7. The molecule has 3 N–H and O–H groups in total. The van der Waals surface area contributed by atoms with Gasteiger partial charge in [-0.05, 0) is 24.3 Å². The SMILES string of the molecule is O=c1[nH]c(Nc2ccc(N3CCNCC3)cn2)nc2cccnc12. The van der Waals surface area contributed by atoms with E-state index in [1.807, 2.05) is 18.3 Å². The number of rotatable bonds is 3. The van der Waals surface area contributed by atoms with Gasteiger partial charge in [0.2, 0.25) is 5.95 Å². The molecule has 8 heteroatoms. The Kier molecular flexibility index (Phi) is 3.80. The lowest BCUT2D eigenvalue weighted by Crippen LogP contribution is -2.43. The Labute approximate surface area is 138 Å². The molecular weight excluding hydrogens is 306 g/mol. The van der Waals surface area contributed by atoms with Crippen molar-refractivity contribution in [1.82, 2.24) is 25.3 Å². The lowest BCUT2D eigenvalue weighted by atomic mass is 10.3. The molecule has 1 aliphatic heterocycles. The second-order valence-electron chi connectivity index (χ2n) is 5.55. The maximum atomic E-state index is 12.0. The molecule has 0 saturated carbocycles. The third-order valence-corrected chi connectivity index (χ3v) is 3.94. The fourth-order valence-corrected chi connectivity index (χ4v) is 2.73. The van der Waals surface area contributed by atoms with E-state index in [1.54, 1.807) is 18.3 Å². The lowest BCUT2D eigenvalue weighted by Gasteiger charge is -2.29. The average molecular weight is 323 g/mol. The second-order valence-corrected chi connectivity index (χ2v) is 5.55. The molecule has 1 fully saturated rings. The highest BCUT2D eigenvalue weighted by atomic mass is 16.1. The Morgan fingerprint density at radius 3 is 2.79 bits per heavy atom. The van der Waals surface area contributed by atoms with Gasteiger partial charge in [-0.3, -0.25) is 9.78 Å². The Morgan fingerprint density at radius 1 is 1.12 bits per heavy atom. The molecule has 24 heavy (non-hydrogen) atoms. The van der Waals surface area contributed by atoms with Gasteiger partial charge in [0.1, 0.15) is 5.82 Å². The summed E-state index contributed by atoms with van der Waals surface area (Å²) in [5.74, 6) is 0.975. The molecule has 0 unspecified atom stereocenters. The summed E-state index contributed by atoms with van der Waals surface area (Å²) < 4.78 is 0. The van der Waals surface area contributed by atoms with Gasteiger partial charge in [-0.25, -0.2) is 15.0 Å². The zero-order valence-electron chi connectivity index (χ0n) is 13.0. The number of aromatic nitrogens is 4. The first-order chi connectivity index (χ1) is 11.8. The number of piperazine rings is 1. The number of H-pyrrole nitrogens is 1. The van der Waals surface area contributed by atoms with Crippen LogP contribution in [0.25, 0.3) is 11.0 Å². The quantitative estimate of drug-likeness (QED) is 0.657. The lowest BCUT2D eigenvalue weighted by molar-refractivity contribution is 0.589. The maximum Gasteiger partial charge on any atom is 0.278 e. The van der Waals surface area contributed by atoms with E-state index in [2.05, 4.69) is 35.5 Å². The second kappa shape index (κ2) is 6.25.